The van der Waals surface area contributed by atoms with Gasteiger partial charge >= 0.3 is 0 Å². The Labute approximate surface area is 69.4 Å². The summed E-state index contributed by atoms with van der Waals surface area (Å²) >= 11 is 0. The lowest BCUT2D eigenvalue weighted by molar-refractivity contribution is 0.330. The minimum Gasteiger partial charge on any atom is -0.392 e. The van der Waals surface area contributed by atoms with Crippen molar-refractivity contribution in [2.75, 3.05) is 6.61 Å². The first-order chi connectivity index (χ1) is 5.00. The molecule has 0 rings (SSSR count). The van der Waals surface area contributed by atoms with Crippen LogP contribution in [0.2, 0.25) is 0 Å². The molecule has 64 valence electrons. The summed E-state index contributed by atoms with van der Waals surface area (Å²) in [6, 6.07) is 0. The maximum Gasteiger partial charge on any atom is 0.0644 e. The quantitative estimate of drug-likeness (QED) is 0.606. The summed E-state index contributed by atoms with van der Waals surface area (Å²) in [5, 5.41) is 8.86. The Morgan fingerprint density at radius 2 is 1.36 bits per heavy atom. The highest BCUT2D eigenvalue weighted by Gasteiger charge is 1.98. The van der Waals surface area contributed by atoms with Crippen molar-refractivity contribution < 1.29 is 5.11 Å². The van der Waals surface area contributed by atoms with E-state index in [1.54, 1.807) is 0 Å². The Balaban J connectivity index is 4.75. The topological polar surface area (TPSA) is 20.2 Å². The number of aliphatic hydroxyl groups is 1. The highest BCUT2D eigenvalue weighted by Crippen LogP contribution is 2.16. The zero-order valence-corrected chi connectivity index (χ0v) is 8.15. The van der Waals surface area contributed by atoms with Gasteiger partial charge in [-0.15, -0.1) is 0 Å². The summed E-state index contributed by atoms with van der Waals surface area (Å²) < 4.78 is 0. The SMILES string of the molecule is CC(C)=C(C)C(C)=C(C)CO. The molecule has 0 saturated carbocycles. The lowest BCUT2D eigenvalue weighted by Crippen LogP contribution is -1.92. The second kappa shape index (κ2) is 4.35. The molecule has 11 heavy (non-hydrogen) atoms. The van der Waals surface area contributed by atoms with Crippen molar-refractivity contribution >= 4 is 0 Å². The Morgan fingerprint density at radius 3 is 1.64 bits per heavy atom. The fraction of sp³-hybridized carbons (Fsp3) is 0.600. The van der Waals surface area contributed by atoms with Crippen LogP contribution in [-0.4, -0.2) is 11.7 Å². The van der Waals surface area contributed by atoms with Crippen molar-refractivity contribution in [3.05, 3.63) is 22.3 Å². The monoisotopic (exact) mass is 154 g/mol. The fourth-order valence-electron chi connectivity index (χ4n) is 0.814. The highest BCUT2D eigenvalue weighted by molar-refractivity contribution is 5.34. The molecule has 0 bridgehead atoms. The zero-order valence-electron chi connectivity index (χ0n) is 8.15. The molecule has 1 heteroatoms. The minimum absolute atomic E-state index is 0.163. The van der Waals surface area contributed by atoms with E-state index in [1.165, 1.54) is 16.7 Å². The molecular weight excluding hydrogens is 136 g/mol. The number of allylic oxidation sites excluding steroid dienone is 3. The van der Waals surface area contributed by atoms with E-state index < -0.39 is 0 Å². The Kier molecular flexibility index (Phi) is 4.12. The van der Waals surface area contributed by atoms with E-state index in [-0.39, 0.29) is 6.61 Å². The van der Waals surface area contributed by atoms with Gasteiger partial charge in [-0.25, -0.2) is 0 Å². The third-order valence-corrected chi connectivity index (χ3v) is 2.19. The molecule has 1 nitrogen and oxygen atoms in total. The standard InChI is InChI=1S/C10H18O/c1-7(2)9(4)10(5)8(3)6-11/h11H,6H2,1-5H3. The molecule has 0 aliphatic rings. The van der Waals surface area contributed by atoms with Crippen molar-refractivity contribution in [1.29, 1.82) is 0 Å². The zero-order chi connectivity index (χ0) is 9.02. The lowest BCUT2D eigenvalue weighted by Gasteiger charge is -2.07. The first-order valence-corrected chi connectivity index (χ1v) is 3.92. The molecule has 0 aliphatic heterocycles. The molecule has 0 atom stereocenters. The largest absolute Gasteiger partial charge is 0.392 e. The van der Waals surface area contributed by atoms with Gasteiger partial charge < -0.3 is 5.11 Å². The second-order valence-electron chi connectivity index (χ2n) is 3.19. The van der Waals surface area contributed by atoms with Gasteiger partial charge in [0.2, 0.25) is 0 Å². The van der Waals surface area contributed by atoms with Gasteiger partial charge in [0, 0.05) is 0 Å². The third kappa shape index (κ3) is 2.89. The van der Waals surface area contributed by atoms with Crippen LogP contribution in [0.25, 0.3) is 0 Å². The Bertz CT molecular complexity index is 193. The first-order valence-electron chi connectivity index (χ1n) is 3.92. The maximum atomic E-state index is 8.86. The maximum absolute atomic E-state index is 8.86. The summed E-state index contributed by atoms with van der Waals surface area (Å²) in [5.74, 6) is 0. The van der Waals surface area contributed by atoms with E-state index in [0.29, 0.717) is 0 Å². The predicted octanol–water partition coefficient (Wildman–Crippen LogP) is 2.67. The molecule has 0 heterocycles. The van der Waals surface area contributed by atoms with Crippen LogP contribution in [0.4, 0.5) is 0 Å². The molecular formula is C10H18O. The molecule has 0 aromatic rings. The van der Waals surface area contributed by atoms with E-state index in [0.717, 1.165) is 5.57 Å². The van der Waals surface area contributed by atoms with Gasteiger partial charge in [0.05, 0.1) is 6.61 Å². The third-order valence-electron chi connectivity index (χ3n) is 2.19. The molecule has 1 N–H and O–H groups in total. The van der Waals surface area contributed by atoms with Gasteiger partial charge in [0.1, 0.15) is 0 Å². The molecule has 0 amide bonds. The molecule has 0 aliphatic carbocycles. The van der Waals surface area contributed by atoms with Crippen molar-refractivity contribution in [1.82, 2.24) is 0 Å². The highest BCUT2D eigenvalue weighted by atomic mass is 16.3. The predicted molar refractivity (Wildman–Crippen MR) is 49.5 cm³/mol. The van der Waals surface area contributed by atoms with Gasteiger partial charge in [-0.05, 0) is 51.3 Å². The molecule has 0 saturated heterocycles. The van der Waals surface area contributed by atoms with Crippen LogP contribution in [-0.2, 0) is 0 Å². The number of hydrogen-bond acceptors (Lipinski definition) is 1. The van der Waals surface area contributed by atoms with Gasteiger partial charge in [0.25, 0.3) is 0 Å². The molecule has 0 spiro atoms. The van der Waals surface area contributed by atoms with Crippen molar-refractivity contribution in [2.45, 2.75) is 34.6 Å². The summed E-state index contributed by atoms with van der Waals surface area (Å²) in [4.78, 5) is 0. The van der Waals surface area contributed by atoms with Crippen LogP contribution in [0.15, 0.2) is 22.3 Å². The fourth-order valence-corrected chi connectivity index (χ4v) is 0.814. The van der Waals surface area contributed by atoms with Crippen LogP contribution in [0, 0.1) is 0 Å². The normalized spacial score (nSPS) is 12.5. The van der Waals surface area contributed by atoms with E-state index >= 15 is 0 Å². The van der Waals surface area contributed by atoms with Crippen molar-refractivity contribution in [3.8, 4) is 0 Å². The average molecular weight is 154 g/mol. The summed E-state index contributed by atoms with van der Waals surface area (Å²) in [6.07, 6.45) is 0. The molecule has 0 unspecified atom stereocenters. The van der Waals surface area contributed by atoms with E-state index in [9.17, 15) is 0 Å². The second-order valence-corrected chi connectivity index (χ2v) is 3.19. The average Bonchev–Trinajstić information content (AvgIpc) is 2.00. The summed E-state index contributed by atoms with van der Waals surface area (Å²) in [6.45, 7) is 10.4. The van der Waals surface area contributed by atoms with Crippen LogP contribution in [0.3, 0.4) is 0 Å². The minimum atomic E-state index is 0.163. The van der Waals surface area contributed by atoms with Gasteiger partial charge in [-0.2, -0.15) is 0 Å². The van der Waals surface area contributed by atoms with Crippen LogP contribution < -0.4 is 0 Å². The molecule has 0 fully saturated rings. The Hall–Kier alpha value is -0.560. The number of aliphatic hydroxyl groups excluding tert-OH is 1. The first kappa shape index (κ1) is 10.4. The van der Waals surface area contributed by atoms with Crippen LogP contribution in [0.1, 0.15) is 34.6 Å². The molecule has 0 aromatic carbocycles. The Morgan fingerprint density at radius 1 is 0.909 bits per heavy atom. The molecule has 0 radical (unpaired) electrons. The van der Waals surface area contributed by atoms with Crippen molar-refractivity contribution in [3.63, 3.8) is 0 Å². The van der Waals surface area contributed by atoms with E-state index in [4.69, 9.17) is 5.11 Å². The van der Waals surface area contributed by atoms with Crippen molar-refractivity contribution in [2.24, 2.45) is 0 Å². The number of hydrogen-bond donors (Lipinski definition) is 1. The van der Waals surface area contributed by atoms with Gasteiger partial charge in [-0.3, -0.25) is 0 Å². The molecule has 0 aromatic heterocycles. The number of rotatable bonds is 2. The lowest BCUT2D eigenvalue weighted by atomic mass is 10.0. The van der Waals surface area contributed by atoms with Gasteiger partial charge in [-0.1, -0.05) is 5.57 Å². The summed E-state index contributed by atoms with van der Waals surface area (Å²) in [7, 11) is 0. The summed E-state index contributed by atoms with van der Waals surface area (Å²) in [5.41, 5.74) is 4.88. The van der Waals surface area contributed by atoms with Crippen LogP contribution in [0.5, 0.6) is 0 Å². The van der Waals surface area contributed by atoms with Gasteiger partial charge in [0.15, 0.2) is 0 Å². The van der Waals surface area contributed by atoms with Crippen LogP contribution >= 0.6 is 0 Å². The smallest absolute Gasteiger partial charge is 0.0644 e. The van der Waals surface area contributed by atoms with E-state index in [1.807, 2.05) is 13.8 Å². The van der Waals surface area contributed by atoms with E-state index in [2.05, 4.69) is 20.8 Å².